The molecule has 0 aliphatic carbocycles. The fourth-order valence-corrected chi connectivity index (χ4v) is 4.15. The predicted molar refractivity (Wildman–Crippen MR) is 79.4 cm³/mol. The van der Waals surface area contributed by atoms with Gasteiger partial charge in [0.2, 0.25) is 10.0 Å². The first-order valence-electron chi connectivity index (χ1n) is 7.28. The molecule has 1 aromatic heterocycles. The summed E-state index contributed by atoms with van der Waals surface area (Å²) in [7, 11) is -3.63. The summed E-state index contributed by atoms with van der Waals surface area (Å²) in [5.41, 5.74) is 0.0172. The maximum atomic E-state index is 12.6. The van der Waals surface area contributed by atoms with Crippen LogP contribution in [0.1, 0.15) is 39.3 Å². The third-order valence-electron chi connectivity index (χ3n) is 4.15. The molecule has 0 radical (unpaired) electrons. The quantitative estimate of drug-likeness (QED) is 0.827. The lowest BCUT2D eigenvalue weighted by molar-refractivity contribution is 0.0957. The normalized spacial score (nSPS) is 26.4. The van der Waals surface area contributed by atoms with Gasteiger partial charge in [-0.3, -0.25) is 0 Å². The van der Waals surface area contributed by atoms with Crippen LogP contribution in [0.15, 0.2) is 17.2 Å². The Morgan fingerprint density at radius 3 is 2.81 bits per heavy atom. The van der Waals surface area contributed by atoms with Gasteiger partial charge in [-0.1, -0.05) is 6.92 Å². The maximum absolute atomic E-state index is 12.6. The fraction of sp³-hybridized carbons (Fsp3) is 0.714. The van der Waals surface area contributed by atoms with E-state index < -0.39 is 15.6 Å². The molecule has 0 bridgehead atoms. The molecule has 7 heteroatoms. The molecule has 6 nitrogen and oxygen atoms in total. The Morgan fingerprint density at radius 1 is 1.57 bits per heavy atom. The van der Waals surface area contributed by atoms with Gasteiger partial charge < -0.3 is 14.4 Å². The monoisotopic (exact) mass is 316 g/mol. The Balaban J connectivity index is 2.27. The highest BCUT2D eigenvalue weighted by Crippen LogP contribution is 2.27. The summed E-state index contributed by atoms with van der Waals surface area (Å²) in [5.74, 6) is 0. The van der Waals surface area contributed by atoms with E-state index in [0.29, 0.717) is 25.3 Å². The number of nitrogens with one attached hydrogen (secondary N) is 1. The van der Waals surface area contributed by atoms with Crippen molar-refractivity contribution >= 4 is 10.0 Å². The molecule has 2 N–H and O–H groups in total. The van der Waals surface area contributed by atoms with Gasteiger partial charge >= 0.3 is 0 Å². The van der Waals surface area contributed by atoms with E-state index in [4.69, 9.17) is 4.74 Å². The van der Waals surface area contributed by atoms with Crippen LogP contribution in [-0.2, 0) is 27.9 Å². The number of rotatable bonds is 6. The molecule has 2 heterocycles. The average molecular weight is 316 g/mol. The Hall–Kier alpha value is -0.890. The molecule has 0 spiro atoms. The lowest BCUT2D eigenvalue weighted by Crippen LogP contribution is -2.50. The molecule has 0 aromatic carbocycles. The molecule has 1 saturated heterocycles. The van der Waals surface area contributed by atoms with Crippen molar-refractivity contribution in [2.24, 2.45) is 0 Å². The van der Waals surface area contributed by atoms with Crippen LogP contribution in [0.4, 0.5) is 0 Å². The smallest absolute Gasteiger partial charge is 0.242 e. The van der Waals surface area contributed by atoms with Gasteiger partial charge in [0.25, 0.3) is 0 Å². The largest absolute Gasteiger partial charge is 0.390 e. The molecular formula is C14H24N2O4S. The minimum Gasteiger partial charge on any atom is -0.390 e. The van der Waals surface area contributed by atoms with Crippen molar-refractivity contribution in [3.63, 3.8) is 0 Å². The van der Waals surface area contributed by atoms with Gasteiger partial charge in [-0.2, -0.15) is 0 Å². The molecule has 1 aliphatic rings. The SMILES string of the molecule is CCCn1cc(S(=O)(=O)NC2(C)CCOC2C)cc1CO. The number of nitrogens with zero attached hydrogens (tertiary/aromatic N) is 1. The van der Waals surface area contributed by atoms with Crippen LogP contribution in [0, 0.1) is 0 Å². The molecule has 2 atom stereocenters. The van der Waals surface area contributed by atoms with Crippen molar-refractivity contribution in [1.82, 2.24) is 9.29 Å². The van der Waals surface area contributed by atoms with E-state index in [9.17, 15) is 13.5 Å². The average Bonchev–Trinajstić information content (AvgIpc) is 2.95. The van der Waals surface area contributed by atoms with Crippen molar-refractivity contribution in [2.45, 2.75) is 63.3 Å². The highest BCUT2D eigenvalue weighted by atomic mass is 32.2. The van der Waals surface area contributed by atoms with Gasteiger partial charge in [0.05, 0.1) is 23.1 Å². The number of hydrogen-bond acceptors (Lipinski definition) is 4. The third kappa shape index (κ3) is 3.31. The zero-order valence-electron chi connectivity index (χ0n) is 12.8. The first-order valence-corrected chi connectivity index (χ1v) is 8.76. The van der Waals surface area contributed by atoms with Gasteiger partial charge in [0, 0.05) is 25.0 Å². The molecule has 1 aliphatic heterocycles. The first kappa shape index (κ1) is 16.5. The summed E-state index contributed by atoms with van der Waals surface area (Å²) in [6.45, 7) is 6.80. The lowest BCUT2D eigenvalue weighted by Gasteiger charge is -2.28. The molecule has 1 aromatic rings. The standard InChI is InChI=1S/C14H24N2O4S/c1-4-6-16-9-13(8-12(16)10-17)21(18,19)15-14(3)5-7-20-11(14)2/h8-9,11,15,17H,4-7,10H2,1-3H3. The fourth-order valence-electron chi connectivity index (χ4n) is 2.59. The minimum atomic E-state index is -3.63. The van der Waals surface area contributed by atoms with E-state index in [1.807, 2.05) is 20.8 Å². The van der Waals surface area contributed by atoms with Gasteiger partial charge in [0.1, 0.15) is 0 Å². The summed E-state index contributed by atoms with van der Waals surface area (Å²) in [6, 6.07) is 1.53. The van der Waals surface area contributed by atoms with Crippen molar-refractivity contribution < 1.29 is 18.3 Å². The van der Waals surface area contributed by atoms with Crippen LogP contribution >= 0.6 is 0 Å². The highest BCUT2D eigenvalue weighted by molar-refractivity contribution is 7.89. The van der Waals surface area contributed by atoms with Crippen molar-refractivity contribution in [2.75, 3.05) is 6.61 Å². The molecule has 1 fully saturated rings. The predicted octanol–water partition coefficient (Wildman–Crippen LogP) is 1.24. The molecule has 21 heavy (non-hydrogen) atoms. The van der Waals surface area contributed by atoms with E-state index in [2.05, 4.69) is 4.72 Å². The van der Waals surface area contributed by atoms with Crippen molar-refractivity contribution in [1.29, 1.82) is 0 Å². The molecule has 0 amide bonds. The number of aryl methyl sites for hydroxylation is 1. The number of ether oxygens (including phenoxy) is 1. The summed E-state index contributed by atoms with van der Waals surface area (Å²) < 4.78 is 35.1. The van der Waals surface area contributed by atoms with Crippen LogP contribution < -0.4 is 4.72 Å². The van der Waals surface area contributed by atoms with Gasteiger partial charge in [-0.25, -0.2) is 13.1 Å². The first-order chi connectivity index (χ1) is 9.82. The molecule has 2 rings (SSSR count). The van der Waals surface area contributed by atoms with Crippen molar-refractivity contribution in [3.05, 3.63) is 18.0 Å². The van der Waals surface area contributed by atoms with Crippen LogP contribution in [-0.4, -0.2) is 36.3 Å². The topological polar surface area (TPSA) is 80.6 Å². The van der Waals surface area contributed by atoms with Crippen molar-refractivity contribution in [3.8, 4) is 0 Å². The van der Waals surface area contributed by atoms with Gasteiger partial charge in [-0.05, 0) is 32.8 Å². The summed E-state index contributed by atoms with van der Waals surface area (Å²) in [6.07, 6.45) is 2.94. The Kier molecular flexibility index (Phi) is 4.77. The summed E-state index contributed by atoms with van der Waals surface area (Å²) in [4.78, 5) is 0.195. The summed E-state index contributed by atoms with van der Waals surface area (Å²) in [5, 5.41) is 9.35. The second kappa shape index (κ2) is 6.08. The lowest BCUT2D eigenvalue weighted by atomic mass is 9.97. The van der Waals surface area contributed by atoms with E-state index in [-0.39, 0.29) is 17.6 Å². The molecular weight excluding hydrogens is 292 g/mol. The zero-order chi connectivity index (χ0) is 15.7. The highest BCUT2D eigenvalue weighted by Gasteiger charge is 2.40. The Morgan fingerprint density at radius 2 is 2.29 bits per heavy atom. The van der Waals surface area contributed by atoms with Crippen LogP contribution in [0.25, 0.3) is 0 Å². The Labute approximate surface area is 126 Å². The second-order valence-corrected chi connectivity index (χ2v) is 7.49. The van der Waals surface area contributed by atoms with Crippen LogP contribution in [0.2, 0.25) is 0 Å². The molecule has 2 unspecified atom stereocenters. The molecule has 0 saturated carbocycles. The number of aliphatic hydroxyl groups is 1. The van der Waals surface area contributed by atoms with E-state index in [0.717, 1.165) is 6.42 Å². The van der Waals surface area contributed by atoms with E-state index in [1.165, 1.54) is 6.07 Å². The second-order valence-electron chi connectivity index (χ2n) is 5.80. The van der Waals surface area contributed by atoms with Crippen LogP contribution in [0.5, 0.6) is 0 Å². The number of hydrogen-bond donors (Lipinski definition) is 2. The van der Waals surface area contributed by atoms with Gasteiger partial charge in [0.15, 0.2) is 0 Å². The van der Waals surface area contributed by atoms with Gasteiger partial charge in [-0.15, -0.1) is 0 Å². The van der Waals surface area contributed by atoms with Crippen LogP contribution in [0.3, 0.4) is 0 Å². The van der Waals surface area contributed by atoms with E-state index >= 15 is 0 Å². The maximum Gasteiger partial charge on any atom is 0.242 e. The number of sulfonamides is 1. The van der Waals surface area contributed by atoms with E-state index in [1.54, 1.807) is 10.8 Å². The third-order valence-corrected chi connectivity index (χ3v) is 5.73. The molecule has 120 valence electrons. The Bertz CT molecular complexity index is 596. The number of aliphatic hydroxyl groups excluding tert-OH is 1. The number of aromatic nitrogens is 1. The zero-order valence-corrected chi connectivity index (χ0v) is 13.6. The summed E-state index contributed by atoms with van der Waals surface area (Å²) >= 11 is 0. The minimum absolute atomic E-state index is 0.165.